The van der Waals surface area contributed by atoms with Gasteiger partial charge in [0, 0.05) is 63.5 Å². The number of nitrogens with one attached hydrogen (secondary N) is 1. The molecule has 0 saturated carbocycles. The Hall–Kier alpha value is -2.53. The van der Waals surface area contributed by atoms with E-state index >= 15 is 0 Å². The Kier molecular flexibility index (Phi) is 5.94. The Morgan fingerprint density at radius 3 is 2.54 bits per heavy atom. The fourth-order valence-electron chi connectivity index (χ4n) is 3.39. The fourth-order valence-corrected chi connectivity index (χ4v) is 3.39. The minimum atomic E-state index is -0.486. The van der Waals surface area contributed by atoms with Crippen LogP contribution in [0.5, 0.6) is 0 Å². The lowest BCUT2D eigenvalue weighted by molar-refractivity contribution is 0.0516. The van der Waals surface area contributed by atoms with Crippen molar-refractivity contribution in [2.45, 2.75) is 26.4 Å². The van der Waals surface area contributed by atoms with Gasteiger partial charge in [0.15, 0.2) is 0 Å². The third-order valence-corrected chi connectivity index (χ3v) is 4.99. The van der Waals surface area contributed by atoms with E-state index in [2.05, 4.69) is 44.2 Å². The molecule has 1 aromatic heterocycles. The second-order valence-electron chi connectivity index (χ2n) is 8.62. The van der Waals surface area contributed by atoms with E-state index in [4.69, 9.17) is 4.74 Å². The van der Waals surface area contributed by atoms with Gasteiger partial charge in [0.1, 0.15) is 23.2 Å². The zero-order valence-electron chi connectivity index (χ0n) is 17.2. The highest BCUT2D eigenvalue weighted by atomic mass is 16.6. The van der Waals surface area contributed by atoms with Crippen LogP contribution in [0.15, 0.2) is 12.1 Å². The molecule has 152 valence electrons. The molecule has 8 heteroatoms. The number of nitriles is 1. The van der Waals surface area contributed by atoms with Crippen molar-refractivity contribution >= 4 is 17.6 Å². The lowest BCUT2D eigenvalue weighted by atomic mass is 9.99. The molecule has 8 nitrogen and oxygen atoms in total. The molecular weight excluding hydrogens is 356 g/mol. The van der Waals surface area contributed by atoms with Crippen molar-refractivity contribution in [2.24, 2.45) is 5.92 Å². The van der Waals surface area contributed by atoms with Crippen LogP contribution in [0.3, 0.4) is 0 Å². The van der Waals surface area contributed by atoms with Crippen molar-refractivity contribution in [3.8, 4) is 6.07 Å². The molecule has 1 amide bonds. The summed E-state index contributed by atoms with van der Waals surface area (Å²) in [6.45, 7) is 11.7. The van der Waals surface area contributed by atoms with Gasteiger partial charge in [-0.15, -0.1) is 0 Å². The van der Waals surface area contributed by atoms with E-state index in [0.29, 0.717) is 18.2 Å². The molecule has 0 aliphatic carbocycles. The highest BCUT2D eigenvalue weighted by Gasteiger charge is 2.29. The van der Waals surface area contributed by atoms with Gasteiger partial charge >= 0.3 is 6.09 Å². The first-order valence-corrected chi connectivity index (χ1v) is 9.81. The van der Waals surface area contributed by atoms with E-state index in [-0.39, 0.29) is 6.09 Å². The second kappa shape index (κ2) is 8.23. The minimum absolute atomic E-state index is 0.373. The monoisotopic (exact) mass is 386 g/mol. The maximum Gasteiger partial charge on any atom is 0.407 e. The predicted molar refractivity (Wildman–Crippen MR) is 109 cm³/mol. The topological polar surface area (TPSA) is 84.7 Å². The SMILES string of the molecule is CN1CCN(c2cc(N3CC(CNC(=O)OC(C)(C)C)C3)cc(C#N)n2)CC1. The summed E-state index contributed by atoms with van der Waals surface area (Å²) in [4.78, 5) is 23.0. The number of hydrogen-bond acceptors (Lipinski definition) is 7. The third kappa shape index (κ3) is 5.26. The largest absolute Gasteiger partial charge is 0.444 e. The van der Waals surface area contributed by atoms with Crippen LogP contribution in [0.25, 0.3) is 0 Å². The number of amides is 1. The van der Waals surface area contributed by atoms with Crippen molar-refractivity contribution < 1.29 is 9.53 Å². The number of likely N-dealkylation sites (N-methyl/N-ethyl adjacent to an activating group) is 1. The number of piperazine rings is 1. The molecule has 2 aliphatic rings. The third-order valence-electron chi connectivity index (χ3n) is 4.99. The maximum atomic E-state index is 11.8. The molecule has 0 atom stereocenters. The standard InChI is InChI=1S/C20H30N6O2/c1-20(2,3)28-19(27)22-12-15-13-26(14-15)17-9-16(11-21)23-18(10-17)25-7-5-24(4)6-8-25/h9-10,15H,5-8,12-14H2,1-4H3,(H,22,27). The minimum Gasteiger partial charge on any atom is -0.444 e. The number of pyridine rings is 1. The summed E-state index contributed by atoms with van der Waals surface area (Å²) in [6, 6.07) is 6.10. The molecule has 1 aromatic rings. The van der Waals surface area contributed by atoms with Gasteiger partial charge < -0.3 is 24.8 Å². The van der Waals surface area contributed by atoms with Gasteiger partial charge in [-0.2, -0.15) is 5.26 Å². The van der Waals surface area contributed by atoms with E-state index in [1.165, 1.54) is 0 Å². The summed E-state index contributed by atoms with van der Waals surface area (Å²) >= 11 is 0. The van der Waals surface area contributed by atoms with E-state index in [0.717, 1.165) is 50.8 Å². The lowest BCUT2D eigenvalue weighted by Gasteiger charge is -2.41. The number of anilines is 2. The summed E-state index contributed by atoms with van der Waals surface area (Å²) in [5, 5.41) is 12.2. The number of carbonyl (C=O) groups excluding carboxylic acids is 1. The summed E-state index contributed by atoms with van der Waals surface area (Å²) in [7, 11) is 2.12. The second-order valence-corrected chi connectivity index (χ2v) is 8.62. The summed E-state index contributed by atoms with van der Waals surface area (Å²) in [5.74, 6) is 1.25. The first-order chi connectivity index (χ1) is 13.2. The van der Waals surface area contributed by atoms with Crippen LogP contribution in [-0.2, 0) is 4.74 Å². The summed E-state index contributed by atoms with van der Waals surface area (Å²) < 4.78 is 5.27. The van der Waals surface area contributed by atoms with Crippen LogP contribution in [0, 0.1) is 17.2 Å². The van der Waals surface area contributed by atoms with Crippen LogP contribution in [-0.4, -0.2) is 74.4 Å². The number of carbonyl (C=O) groups is 1. The van der Waals surface area contributed by atoms with Crippen LogP contribution >= 0.6 is 0 Å². The van der Waals surface area contributed by atoms with Gasteiger partial charge in [0.05, 0.1) is 0 Å². The van der Waals surface area contributed by atoms with Crippen LogP contribution in [0.4, 0.5) is 16.3 Å². The zero-order valence-corrected chi connectivity index (χ0v) is 17.2. The maximum absolute atomic E-state index is 11.8. The molecule has 0 bridgehead atoms. The fraction of sp³-hybridized carbons (Fsp3) is 0.650. The average molecular weight is 387 g/mol. The summed E-state index contributed by atoms with van der Waals surface area (Å²) in [5.41, 5.74) is 0.982. The molecule has 2 fully saturated rings. The van der Waals surface area contributed by atoms with Crippen molar-refractivity contribution in [1.82, 2.24) is 15.2 Å². The predicted octanol–water partition coefficient (Wildman–Crippen LogP) is 1.67. The van der Waals surface area contributed by atoms with Gasteiger partial charge in [-0.25, -0.2) is 9.78 Å². The van der Waals surface area contributed by atoms with E-state index < -0.39 is 5.60 Å². The van der Waals surface area contributed by atoms with Crippen molar-refractivity contribution in [3.63, 3.8) is 0 Å². The Labute approximate surface area is 167 Å². The molecule has 0 spiro atoms. The van der Waals surface area contributed by atoms with E-state index in [1.54, 1.807) is 0 Å². The molecule has 28 heavy (non-hydrogen) atoms. The highest BCUT2D eigenvalue weighted by molar-refractivity contribution is 5.67. The van der Waals surface area contributed by atoms with Gasteiger partial charge in [-0.3, -0.25) is 0 Å². The number of hydrogen-bond donors (Lipinski definition) is 1. The first-order valence-electron chi connectivity index (χ1n) is 9.81. The highest BCUT2D eigenvalue weighted by Crippen LogP contribution is 2.28. The molecule has 2 aliphatic heterocycles. The molecular formula is C20H30N6O2. The Balaban J connectivity index is 1.56. The number of rotatable bonds is 4. The molecule has 3 rings (SSSR count). The molecule has 3 heterocycles. The first kappa shape index (κ1) is 20.2. The number of alkyl carbamates (subject to hydrolysis) is 1. The Bertz CT molecular complexity index is 740. The molecule has 0 aromatic carbocycles. The Morgan fingerprint density at radius 2 is 1.93 bits per heavy atom. The van der Waals surface area contributed by atoms with E-state index in [9.17, 15) is 10.1 Å². The molecule has 0 unspecified atom stereocenters. The average Bonchev–Trinajstić information content (AvgIpc) is 2.59. The normalized spacial score (nSPS) is 18.4. The van der Waals surface area contributed by atoms with Crippen molar-refractivity contribution in [1.29, 1.82) is 5.26 Å². The van der Waals surface area contributed by atoms with Crippen LogP contribution in [0.1, 0.15) is 26.5 Å². The van der Waals surface area contributed by atoms with Crippen molar-refractivity contribution in [2.75, 3.05) is 62.7 Å². The number of ether oxygens (including phenoxy) is 1. The van der Waals surface area contributed by atoms with Crippen molar-refractivity contribution in [3.05, 3.63) is 17.8 Å². The number of aromatic nitrogens is 1. The van der Waals surface area contributed by atoms with Gasteiger partial charge in [0.2, 0.25) is 0 Å². The quantitative estimate of drug-likeness (QED) is 0.842. The van der Waals surface area contributed by atoms with Crippen LogP contribution in [0.2, 0.25) is 0 Å². The van der Waals surface area contributed by atoms with Gasteiger partial charge in [-0.05, 0) is 33.9 Å². The summed E-state index contributed by atoms with van der Waals surface area (Å²) in [6.07, 6.45) is -0.376. The smallest absolute Gasteiger partial charge is 0.407 e. The molecule has 0 radical (unpaired) electrons. The van der Waals surface area contributed by atoms with Gasteiger partial charge in [-0.1, -0.05) is 0 Å². The lowest BCUT2D eigenvalue weighted by Crippen LogP contribution is -2.52. The number of nitrogens with zero attached hydrogens (tertiary/aromatic N) is 5. The zero-order chi connectivity index (χ0) is 20.3. The Morgan fingerprint density at radius 1 is 1.25 bits per heavy atom. The molecule has 2 saturated heterocycles. The van der Waals surface area contributed by atoms with E-state index in [1.807, 2.05) is 26.8 Å². The van der Waals surface area contributed by atoms with Gasteiger partial charge in [0.25, 0.3) is 0 Å². The van der Waals surface area contributed by atoms with Crippen LogP contribution < -0.4 is 15.1 Å². The molecule has 1 N–H and O–H groups in total.